The van der Waals surface area contributed by atoms with Gasteiger partial charge < -0.3 is 5.32 Å². The molecule has 1 N–H and O–H groups in total. The molecule has 0 fully saturated rings. The quantitative estimate of drug-likeness (QED) is 0.610. The summed E-state index contributed by atoms with van der Waals surface area (Å²) in [4.78, 5) is 9.71. The molecule has 0 spiro atoms. The Bertz CT molecular complexity index is 392. The van der Waals surface area contributed by atoms with Crippen LogP contribution < -0.4 is 5.32 Å². The Morgan fingerprint density at radius 1 is 1.41 bits per heavy atom. The van der Waals surface area contributed by atoms with Gasteiger partial charge in [-0.3, -0.25) is 10.1 Å². The van der Waals surface area contributed by atoms with E-state index in [-0.39, 0.29) is 0 Å². The van der Waals surface area contributed by atoms with Crippen LogP contribution in [0.1, 0.15) is 26.7 Å². The smallest absolute Gasteiger partial charge is 0.304 e. The molecule has 0 aliphatic heterocycles. The Labute approximate surface area is 100.0 Å². The van der Waals surface area contributed by atoms with Crippen molar-refractivity contribution in [1.82, 2.24) is 0 Å². The molecule has 0 bridgehead atoms. The zero-order valence-electron chi connectivity index (χ0n) is 10.1. The third kappa shape index (κ3) is 3.69. The van der Waals surface area contributed by atoms with E-state index < -0.39 is 16.4 Å². The van der Waals surface area contributed by atoms with E-state index in [9.17, 15) is 14.5 Å². The van der Waals surface area contributed by atoms with Crippen LogP contribution in [-0.4, -0.2) is 11.5 Å². The highest BCUT2D eigenvalue weighted by molar-refractivity contribution is 5.49. The highest BCUT2D eigenvalue weighted by Gasteiger charge is 2.13. The third-order valence-corrected chi connectivity index (χ3v) is 2.89. The molecule has 0 aliphatic rings. The lowest BCUT2D eigenvalue weighted by Crippen LogP contribution is -2.12. The Morgan fingerprint density at radius 3 is 2.53 bits per heavy atom. The fraction of sp³-hybridized carbons (Fsp3) is 0.500. The zero-order chi connectivity index (χ0) is 12.8. The fourth-order valence-electron chi connectivity index (χ4n) is 1.60. The topological polar surface area (TPSA) is 55.2 Å². The van der Waals surface area contributed by atoms with Crippen LogP contribution in [0.2, 0.25) is 0 Å². The highest BCUT2D eigenvalue weighted by atomic mass is 19.1. The first kappa shape index (κ1) is 13.4. The van der Waals surface area contributed by atoms with Crippen LogP contribution in [0.4, 0.5) is 15.8 Å². The summed E-state index contributed by atoms with van der Waals surface area (Å²) < 4.78 is 13.3. The Morgan fingerprint density at radius 2 is 2.06 bits per heavy atom. The standard InChI is InChI=1S/C12H17FN2O2/c1-3-9(4-2)8-14-10-5-6-12(15(16)17)11(13)7-10/h5-7,9,14H,3-4,8H2,1-2H3. The van der Waals surface area contributed by atoms with Gasteiger partial charge in [0, 0.05) is 24.4 Å². The molecule has 0 saturated heterocycles. The van der Waals surface area contributed by atoms with Crippen molar-refractivity contribution in [2.75, 3.05) is 11.9 Å². The van der Waals surface area contributed by atoms with Crippen molar-refractivity contribution in [3.63, 3.8) is 0 Å². The molecule has 0 amide bonds. The molecule has 1 aromatic carbocycles. The van der Waals surface area contributed by atoms with Crippen molar-refractivity contribution in [2.24, 2.45) is 5.92 Å². The monoisotopic (exact) mass is 240 g/mol. The largest absolute Gasteiger partial charge is 0.385 e. The predicted molar refractivity (Wildman–Crippen MR) is 65.6 cm³/mol. The molecule has 0 radical (unpaired) electrons. The molecular weight excluding hydrogens is 223 g/mol. The Hall–Kier alpha value is -1.65. The van der Waals surface area contributed by atoms with Crippen molar-refractivity contribution >= 4 is 11.4 Å². The first-order chi connectivity index (χ1) is 8.08. The van der Waals surface area contributed by atoms with Crippen LogP contribution in [0.3, 0.4) is 0 Å². The summed E-state index contributed by atoms with van der Waals surface area (Å²) in [6.45, 7) is 4.96. The minimum absolute atomic E-state index is 0.488. The lowest BCUT2D eigenvalue weighted by atomic mass is 10.0. The predicted octanol–water partition coefficient (Wildman–Crippen LogP) is 3.58. The van der Waals surface area contributed by atoms with E-state index in [1.165, 1.54) is 18.2 Å². The van der Waals surface area contributed by atoms with E-state index in [1.807, 2.05) is 0 Å². The van der Waals surface area contributed by atoms with Gasteiger partial charge in [-0.05, 0) is 12.0 Å². The van der Waals surface area contributed by atoms with Gasteiger partial charge in [-0.25, -0.2) is 0 Å². The van der Waals surface area contributed by atoms with E-state index in [4.69, 9.17) is 0 Å². The number of nitrogens with one attached hydrogen (secondary N) is 1. The van der Waals surface area contributed by atoms with Gasteiger partial charge in [-0.15, -0.1) is 0 Å². The van der Waals surface area contributed by atoms with Gasteiger partial charge in [0.25, 0.3) is 0 Å². The maximum Gasteiger partial charge on any atom is 0.304 e. The molecule has 0 heterocycles. The summed E-state index contributed by atoms with van der Waals surface area (Å²) in [5, 5.41) is 13.5. The third-order valence-electron chi connectivity index (χ3n) is 2.89. The van der Waals surface area contributed by atoms with Gasteiger partial charge in [0.1, 0.15) is 0 Å². The number of nitro groups is 1. The van der Waals surface area contributed by atoms with E-state index >= 15 is 0 Å². The summed E-state index contributed by atoms with van der Waals surface area (Å²) in [5.41, 5.74) is 0.0954. The second-order valence-corrected chi connectivity index (χ2v) is 3.99. The maximum atomic E-state index is 13.3. The first-order valence-electron chi connectivity index (χ1n) is 5.76. The number of hydrogen-bond donors (Lipinski definition) is 1. The van der Waals surface area contributed by atoms with Gasteiger partial charge in [0.2, 0.25) is 5.82 Å². The molecule has 0 unspecified atom stereocenters. The molecule has 17 heavy (non-hydrogen) atoms. The average Bonchev–Trinajstić information content (AvgIpc) is 2.30. The summed E-state index contributed by atoms with van der Waals surface area (Å²) in [5.74, 6) is -0.266. The number of benzene rings is 1. The van der Waals surface area contributed by atoms with Crippen LogP contribution in [0.15, 0.2) is 18.2 Å². The van der Waals surface area contributed by atoms with Crippen LogP contribution in [0, 0.1) is 21.8 Å². The SMILES string of the molecule is CCC(CC)CNc1ccc([N+](=O)[O-])c(F)c1. The second-order valence-electron chi connectivity index (χ2n) is 3.99. The number of nitro benzene ring substituents is 1. The summed E-state index contributed by atoms with van der Waals surface area (Å²) >= 11 is 0. The first-order valence-corrected chi connectivity index (χ1v) is 5.76. The molecule has 0 aliphatic carbocycles. The van der Waals surface area contributed by atoms with Crippen molar-refractivity contribution < 1.29 is 9.31 Å². The van der Waals surface area contributed by atoms with Crippen molar-refractivity contribution in [2.45, 2.75) is 26.7 Å². The van der Waals surface area contributed by atoms with Crippen LogP contribution in [0.5, 0.6) is 0 Å². The molecule has 1 aromatic rings. The van der Waals surface area contributed by atoms with Crippen molar-refractivity contribution in [3.8, 4) is 0 Å². The van der Waals surface area contributed by atoms with E-state index in [0.29, 0.717) is 11.6 Å². The number of nitrogens with zero attached hydrogens (tertiary/aromatic N) is 1. The molecule has 1 rings (SSSR count). The van der Waals surface area contributed by atoms with Crippen molar-refractivity contribution in [1.29, 1.82) is 0 Å². The zero-order valence-corrected chi connectivity index (χ0v) is 10.1. The van der Waals surface area contributed by atoms with Gasteiger partial charge >= 0.3 is 5.69 Å². The molecule has 0 atom stereocenters. The van der Waals surface area contributed by atoms with E-state index in [0.717, 1.165) is 19.4 Å². The van der Waals surface area contributed by atoms with Crippen LogP contribution in [0.25, 0.3) is 0 Å². The molecular formula is C12H17FN2O2. The second kappa shape index (κ2) is 6.18. The van der Waals surface area contributed by atoms with Crippen LogP contribution >= 0.6 is 0 Å². The molecule has 0 saturated carbocycles. The van der Waals surface area contributed by atoms with Gasteiger partial charge in [0.15, 0.2) is 0 Å². The fourth-order valence-corrected chi connectivity index (χ4v) is 1.60. The molecule has 4 nitrogen and oxygen atoms in total. The number of halogens is 1. The van der Waals surface area contributed by atoms with Crippen LogP contribution in [-0.2, 0) is 0 Å². The summed E-state index contributed by atoms with van der Waals surface area (Å²) in [6, 6.07) is 3.88. The van der Waals surface area contributed by atoms with Gasteiger partial charge in [-0.1, -0.05) is 26.7 Å². The van der Waals surface area contributed by atoms with Crippen molar-refractivity contribution in [3.05, 3.63) is 34.1 Å². The lowest BCUT2D eigenvalue weighted by Gasteiger charge is -2.14. The van der Waals surface area contributed by atoms with Gasteiger partial charge in [-0.2, -0.15) is 4.39 Å². The molecule has 5 heteroatoms. The summed E-state index contributed by atoms with van der Waals surface area (Å²) in [6.07, 6.45) is 2.11. The average molecular weight is 240 g/mol. The molecule has 0 aromatic heterocycles. The van der Waals surface area contributed by atoms with Gasteiger partial charge in [0.05, 0.1) is 4.92 Å². The minimum Gasteiger partial charge on any atom is -0.385 e. The lowest BCUT2D eigenvalue weighted by molar-refractivity contribution is -0.387. The molecule has 94 valence electrons. The summed E-state index contributed by atoms with van der Waals surface area (Å²) in [7, 11) is 0. The maximum absolute atomic E-state index is 13.3. The number of rotatable bonds is 6. The Kier molecular flexibility index (Phi) is 4.87. The Balaban J connectivity index is 2.67. The normalized spacial score (nSPS) is 10.6. The number of hydrogen-bond acceptors (Lipinski definition) is 3. The highest BCUT2D eigenvalue weighted by Crippen LogP contribution is 2.21. The minimum atomic E-state index is -0.801. The van der Waals surface area contributed by atoms with E-state index in [2.05, 4.69) is 19.2 Å². The number of anilines is 1. The van der Waals surface area contributed by atoms with E-state index in [1.54, 1.807) is 0 Å².